The predicted molar refractivity (Wildman–Crippen MR) is 170 cm³/mol. The first kappa shape index (κ1) is 31.9. The summed E-state index contributed by atoms with van der Waals surface area (Å²) in [5.74, 6) is 2.28. The summed E-state index contributed by atoms with van der Waals surface area (Å²) in [6, 6.07) is 22.9. The molecule has 232 valence electrons. The van der Waals surface area contributed by atoms with Gasteiger partial charge in [-0.3, -0.25) is 0 Å². The lowest BCUT2D eigenvalue weighted by Gasteiger charge is -2.19. The average molecular weight is 650 g/mol. The van der Waals surface area contributed by atoms with Crippen molar-refractivity contribution >= 4 is 48.4 Å². The molecule has 11 nitrogen and oxygen atoms in total. The number of halogens is 1. The number of fused-ring (bicyclic) bond motifs is 1. The minimum absolute atomic E-state index is 0.146. The van der Waals surface area contributed by atoms with Crippen molar-refractivity contribution in [1.82, 2.24) is 14.9 Å². The number of carbonyl (C=O) groups excluding carboxylic acids is 1. The van der Waals surface area contributed by atoms with Crippen molar-refractivity contribution in [3.8, 4) is 17.1 Å². The summed E-state index contributed by atoms with van der Waals surface area (Å²) in [6.45, 7) is 4.28. The SMILES string of the molecule is CCCN(Cc1ccc(-c2ccc3ncnc(Nc4ccc(OCc5cccc(C)c5)c(Cl)c4)c3c2)o1)C(=O)OCO[P+](=O)O. The van der Waals surface area contributed by atoms with Crippen molar-refractivity contribution in [2.24, 2.45) is 0 Å². The van der Waals surface area contributed by atoms with Crippen LogP contribution < -0.4 is 10.1 Å². The summed E-state index contributed by atoms with van der Waals surface area (Å²) in [6.07, 6.45) is 1.48. The van der Waals surface area contributed by atoms with Crippen LogP contribution in [0.3, 0.4) is 0 Å². The fourth-order valence-electron chi connectivity index (χ4n) is 4.63. The van der Waals surface area contributed by atoms with Gasteiger partial charge in [0, 0.05) is 27.7 Å². The molecule has 0 aliphatic rings. The Morgan fingerprint density at radius 2 is 1.96 bits per heavy atom. The molecule has 0 aliphatic carbocycles. The maximum atomic E-state index is 12.4. The van der Waals surface area contributed by atoms with Crippen molar-refractivity contribution in [1.29, 1.82) is 0 Å². The number of carbonyl (C=O) groups is 1. The van der Waals surface area contributed by atoms with Crippen LogP contribution in [-0.2, 0) is 27.0 Å². The molecule has 0 radical (unpaired) electrons. The third kappa shape index (κ3) is 8.55. The van der Waals surface area contributed by atoms with Crippen LogP contribution in [0.25, 0.3) is 22.2 Å². The maximum Gasteiger partial charge on any atom is 0.698 e. The van der Waals surface area contributed by atoms with Gasteiger partial charge < -0.3 is 24.1 Å². The molecule has 0 aliphatic heterocycles. The molecule has 0 saturated carbocycles. The van der Waals surface area contributed by atoms with Gasteiger partial charge in [-0.15, -0.1) is 4.89 Å². The Hall–Kier alpha value is -4.54. The summed E-state index contributed by atoms with van der Waals surface area (Å²) in [5.41, 5.74) is 4.47. The van der Waals surface area contributed by atoms with Gasteiger partial charge in [-0.05, 0) is 67.4 Å². The van der Waals surface area contributed by atoms with Gasteiger partial charge in [0.1, 0.15) is 36.0 Å². The van der Waals surface area contributed by atoms with Gasteiger partial charge in [0.25, 0.3) is 0 Å². The standard InChI is InChI=1S/C32H30ClN4O7P/c1-3-13-37(32(38)42-20-43-45(39)40)17-25-9-12-29(44-25)23-7-10-28-26(15-23)31(35-19-34-28)36-24-8-11-30(27(33)16-24)41-18-22-6-4-5-21(2)14-22/h4-12,14-16,19H,3,13,17-18,20H2,1-2H3,(H-,34,35,36,39,40)/p+1. The smallest absolute Gasteiger partial charge is 0.487 e. The van der Waals surface area contributed by atoms with Crippen molar-refractivity contribution in [2.75, 3.05) is 18.7 Å². The molecule has 5 rings (SSSR count). The van der Waals surface area contributed by atoms with Crippen LogP contribution >= 0.6 is 19.9 Å². The zero-order valence-corrected chi connectivity index (χ0v) is 26.3. The van der Waals surface area contributed by atoms with E-state index in [9.17, 15) is 9.36 Å². The first-order valence-electron chi connectivity index (χ1n) is 14.1. The molecule has 0 saturated heterocycles. The number of aryl methyl sites for hydroxylation is 1. The third-order valence-corrected chi connectivity index (χ3v) is 7.32. The van der Waals surface area contributed by atoms with Crippen LogP contribution in [0.4, 0.5) is 16.3 Å². The average Bonchev–Trinajstić information content (AvgIpc) is 3.49. The summed E-state index contributed by atoms with van der Waals surface area (Å²) in [5, 5.41) is 4.56. The lowest BCUT2D eigenvalue weighted by molar-refractivity contribution is 0.0312. The number of ether oxygens (including phenoxy) is 2. The second kappa shape index (κ2) is 15.0. The van der Waals surface area contributed by atoms with Crippen LogP contribution in [0.5, 0.6) is 5.75 Å². The number of nitrogens with zero attached hydrogens (tertiary/aromatic N) is 3. The highest BCUT2D eigenvalue weighted by Crippen LogP contribution is 2.33. The molecule has 1 atom stereocenters. The van der Waals surface area contributed by atoms with E-state index in [1.807, 2.05) is 68.4 Å². The van der Waals surface area contributed by atoms with Gasteiger partial charge in [-0.2, -0.15) is 0 Å². The fourth-order valence-corrected chi connectivity index (χ4v) is 5.01. The van der Waals surface area contributed by atoms with Crippen molar-refractivity contribution < 1.29 is 32.7 Å². The zero-order chi connectivity index (χ0) is 31.8. The van der Waals surface area contributed by atoms with E-state index in [1.54, 1.807) is 12.1 Å². The van der Waals surface area contributed by atoms with E-state index < -0.39 is 21.1 Å². The minimum Gasteiger partial charge on any atom is -0.487 e. The number of rotatable bonds is 13. The van der Waals surface area contributed by atoms with Gasteiger partial charge in [0.05, 0.1) is 17.1 Å². The van der Waals surface area contributed by atoms with Crippen molar-refractivity contribution in [3.05, 3.63) is 101 Å². The number of anilines is 2. The van der Waals surface area contributed by atoms with Gasteiger partial charge in [-0.1, -0.05) is 52.9 Å². The van der Waals surface area contributed by atoms with Crippen molar-refractivity contribution in [2.45, 2.75) is 33.4 Å². The van der Waals surface area contributed by atoms with E-state index in [0.717, 1.165) is 27.7 Å². The molecular weight excluding hydrogens is 619 g/mol. The van der Waals surface area contributed by atoms with E-state index in [-0.39, 0.29) is 6.54 Å². The van der Waals surface area contributed by atoms with Crippen LogP contribution in [0.2, 0.25) is 5.02 Å². The van der Waals surface area contributed by atoms with Crippen LogP contribution in [-0.4, -0.2) is 39.2 Å². The fraction of sp³-hybridized carbons (Fsp3) is 0.219. The number of hydrogen-bond acceptors (Lipinski definition) is 9. The molecule has 2 aromatic heterocycles. The van der Waals surface area contributed by atoms with E-state index in [4.69, 9.17) is 30.4 Å². The molecule has 2 heterocycles. The molecule has 0 spiro atoms. The Labute approximate surface area is 265 Å². The Morgan fingerprint density at radius 1 is 1.09 bits per heavy atom. The second-order valence-corrected chi connectivity index (χ2v) is 11.2. The van der Waals surface area contributed by atoms with Crippen LogP contribution in [0.1, 0.15) is 30.2 Å². The normalized spacial score (nSPS) is 11.3. The van der Waals surface area contributed by atoms with E-state index in [1.165, 1.54) is 16.8 Å². The van der Waals surface area contributed by atoms with Gasteiger partial charge >= 0.3 is 14.3 Å². The lowest BCUT2D eigenvalue weighted by Crippen LogP contribution is -2.32. The highest BCUT2D eigenvalue weighted by Gasteiger charge is 2.20. The Kier molecular flexibility index (Phi) is 10.6. The number of nitrogens with one attached hydrogen (secondary N) is 1. The minimum atomic E-state index is -2.86. The Balaban J connectivity index is 1.29. The highest BCUT2D eigenvalue weighted by atomic mass is 35.5. The molecule has 45 heavy (non-hydrogen) atoms. The summed E-state index contributed by atoms with van der Waals surface area (Å²) in [4.78, 5) is 31.5. The van der Waals surface area contributed by atoms with E-state index in [0.29, 0.717) is 47.7 Å². The number of amides is 1. The highest BCUT2D eigenvalue weighted by molar-refractivity contribution is 7.32. The molecule has 5 aromatic rings. The molecule has 0 bridgehead atoms. The summed E-state index contributed by atoms with van der Waals surface area (Å²) < 4.78 is 32.1. The van der Waals surface area contributed by atoms with Crippen molar-refractivity contribution in [3.63, 3.8) is 0 Å². The van der Waals surface area contributed by atoms with E-state index in [2.05, 4.69) is 25.9 Å². The molecular formula is C32H31ClN4O7P+. The first-order chi connectivity index (χ1) is 21.8. The monoisotopic (exact) mass is 649 g/mol. The molecule has 1 amide bonds. The van der Waals surface area contributed by atoms with Crippen LogP contribution in [0, 0.1) is 6.92 Å². The first-order valence-corrected chi connectivity index (χ1v) is 15.6. The molecule has 3 aromatic carbocycles. The summed E-state index contributed by atoms with van der Waals surface area (Å²) >= 11 is 6.56. The van der Waals surface area contributed by atoms with Crippen LogP contribution in [0.15, 0.2) is 83.5 Å². The lowest BCUT2D eigenvalue weighted by atomic mass is 10.1. The third-order valence-electron chi connectivity index (χ3n) is 6.70. The van der Waals surface area contributed by atoms with Gasteiger partial charge in [-0.25, -0.2) is 14.8 Å². The largest absolute Gasteiger partial charge is 0.698 e. The zero-order valence-electron chi connectivity index (χ0n) is 24.6. The number of furan rings is 1. The number of aromatic nitrogens is 2. The Morgan fingerprint density at radius 3 is 2.73 bits per heavy atom. The second-order valence-electron chi connectivity index (χ2n) is 10.1. The predicted octanol–water partition coefficient (Wildman–Crippen LogP) is 8.15. The summed E-state index contributed by atoms with van der Waals surface area (Å²) in [7, 11) is -2.86. The van der Waals surface area contributed by atoms with Gasteiger partial charge in [0.2, 0.25) is 6.79 Å². The molecule has 1 unspecified atom stereocenters. The van der Waals surface area contributed by atoms with E-state index >= 15 is 0 Å². The number of benzene rings is 3. The Bertz CT molecular complexity index is 1820. The molecule has 13 heteroatoms. The topological polar surface area (TPSA) is 136 Å². The number of hydrogen-bond donors (Lipinski definition) is 2. The maximum absolute atomic E-state index is 12.4. The molecule has 2 N–H and O–H groups in total. The molecule has 0 fully saturated rings. The van der Waals surface area contributed by atoms with Gasteiger partial charge in [0.15, 0.2) is 0 Å². The quantitative estimate of drug-likeness (QED) is 0.0949.